The second-order valence-electron chi connectivity index (χ2n) is 8.62. The van der Waals surface area contributed by atoms with Crippen molar-refractivity contribution in [3.05, 3.63) is 88.0 Å². The van der Waals surface area contributed by atoms with Crippen LogP contribution in [0.3, 0.4) is 0 Å². The van der Waals surface area contributed by atoms with E-state index in [1.165, 1.54) is 14.2 Å². The maximum atomic E-state index is 12.8. The number of rotatable bonds is 5. The summed E-state index contributed by atoms with van der Waals surface area (Å²) in [7, 11) is 2.97. The van der Waals surface area contributed by atoms with E-state index in [4.69, 9.17) is 28.4 Å². The number of carbonyl (C=O) groups is 2. The Morgan fingerprint density at radius 2 is 1.61 bits per heavy atom. The highest BCUT2D eigenvalue weighted by Crippen LogP contribution is 2.50. The Labute approximate surface area is 206 Å². The fraction of sp³-hybridized carbons (Fsp3) is 0.214. The predicted octanol–water partition coefficient (Wildman–Crippen LogP) is 4.19. The lowest BCUT2D eigenvalue weighted by molar-refractivity contribution is -0.136. The number of cyclic esters (lactones) is 1. The normalized spacial score (nSPS) is 17.3. The molecule has 8 nitrogen and oxygen atoms in total. The molecular weight excluding hydrogens is 464 g/mol. The molecule has 0 bridgehead atoms. The monoisotopic (exact) mass is 486 g/mol. The molecule has 1 atom stereocenters. The van der Waals surface area contributed by atoms with Gasteiger partial charge in [-0.25, -0.2) is 9.59 Å². The SMILES string of the molecule is COc1cc(C2C3=C(COC3=O)Cc3cc4c(cc32)OCO4)cc(OC)c1OC(=O)c1ccccc1. The van der Waals surface area contributed by atoms with E-state index >= 15 is 0 Å². The summed E-state index contributed by atoms with van der Waals surface area (Å²) in [6.45, 7) is 0.404. The van der Waals surface area contributed by atoms with Crippen LogP contribution in [0.15, 0.2) is 65.7 Å². The van der Waals surface area contributed by atoms with E-state index in [1.807, 2.05) is 18.2 Å². The smallest absolute Gasteiger partial charge is 0.343 e. The van der Waals surface area contributed by atoms with E-state index < -0.39 is 11.9 Å². The lowest BCUT2D eigenvalue weighted by Gasteiger charge is -2.27. The molecule has 3 aromatic rings. The van der Waals surface area contributed by atoms with E-state index in [0.29, 0.717) is 40.6 Å². The molecule has 1 aliphatic carbocycles. The Morgan fingerprint density at radius 3 is 2.31 bits per heavy atom. The highest BCUT2D eigenvalue weighted by molar-refractivity contribution is 5.96. The zero-order chi connectivity index (χ0) is 24.8. The summed E-state index contributed by atoms with van der Waals surface area (Å²) >= 11 is 0. The summed E-state index contributed by atoms with van der Waals surface area (Å²) in [6.07, 6.45) is 0.588. The van der Waals surface area contributed by atoms with Crippen molar-refractivity contribution < 1.29 is 38.0 Å². The summed E-state index contributed by atoms with van der Waals surface area (Å²) < 4.78 is 33.5. The summed E-state index contributed by atoms with van der Waals surface area (Å²) in [5, 5.41) is 0. The van der Waals surface area contributed by atoms with Gasteiger partial charge in [-0.15, -0.1) is 0 Å². The van der Waals surface area contributed by atoms with E-state index in [1.54, 1.807) is 36.4 Å². The number of methoxy groups -OCH3 is 2. The summed E-state index contributed by atoms with van der Waals surface area (Å²) in [5.41, 5.74) is 4.59. The first-order chi connectivity index (χ1) is 17.6. The van der Waals surface area contributed by atoms with Gasteiger partial charge in [-0.1, -0.05) is 18.2 Å². The van der Waals surface area contributed by atoms with Crippen LogP contribution in [0.2, 0.25) is 0 Å². The van der Waals surface area contributed by atoms with E-state index in [9.17, 15) is 9.59 Å². The topological polar surface area (TPSA) is 89.5 Å². The number of carbonyl (C=O) groups excluding carboxylic acids is 2. The first-order valence-electron chi connectivity index (χ1n) is 11.4. The van der Waals surface area contributed by atoms with Gasteiger partial charge in [-0.2, -0.15) is 0 Å². The number of fused-ring (bicyclic) bond motifs is 2. The third-order valence-corrected chi connectivity index (χ3v) is 6.64. The molecule has 6 rings (SSSR count). The van der Waals surface area contributed by atoms with E-state index in [2.05, 4.69) is 0 Å². The van der Waals surface area contributed by atoms with Gasteiger partial charge in [-0.05, 0) is 65.1 Å². The van der Waals surface area contributed by atoms with Crippen molar-refractivity contribution in [1.29, 1.82) is 0 Å². The Bertz CT molecular complexity index is 1400. The van der Waals surface area contributed by atoms with Crippen LogP contribution in [0.4, 0.5) is 0 Å². The molecule has 3 aromatic carbocycles. The van der Waals surface area contributed by atoms with Crippen LogP contribution < -0.4 is 23.7 Å². The van der Waals surface area contributed by atoms with Crippen molar-refractivity contribution in [3.8, 4) is 28.7 Å². The molecule has 2 heterocycles. The molecule has 0 saturated carbocycles. The van der Waals surface area contributed by atoms with Gasteiger partial charge < -0.3 is 28.4 Å². The first-order valence-corrected chi connectivity index (χ1v) is 11.4. The largest absolute Gasteiger partial charge is 0.493 e. The molecule has 36 heavy (non-hydrogen) atoms. The zero-order valence-corrected chi connectivity index (χ0v) is 19.7. The maximum Gasteiger partial charge on any atom is 0.343 e. The molecule has 1 unspecified atom stereocenters. The lowest BCUT2D eigenvalue weighted by atomic mass is 9.75. The molecule has 0 spiro atoms. The highest BCUT2D eigenvalue weighted by atomic mass is 16.7. The number of hydrogen-bond donors (Lipinski definition) is 0. The lowest BCUT2D eigenvalue weighted by Crippen LogP contribution is -2.18. The molecule has 8 heteroatoms. The molecule has 3 aliphatic rings. The molecule has 2 aliphatic heterocycles. The van der Waals surface area contributed by atoms with Gasteiger partial charge in [0.2, 0.25) is 12.5 Å². The second-order valence-corrected chi connectivity index (χ2v) is 8.62. The zero-order valence-electron chi connectivity index (χ0n) is 19.7. The molecule has 0 saturated heterocycles. The molecule has 182 valence electrons. The van der Waals surface area contributed by atoms with Gasteiger partial charge in [-0.3, -0.25) is 0 Å². The van der Waals surface area contributed by atoms with Gasteiger partial charge in [0.1, 0.15) is 6.61 Å². The van der Waals surface area contributed by atoms with Crippen molar-refractivity contribution in [1.82, 2.24) is 0 Å². The van der Waals surface area contributed by atoms with Crippen molar-refractivity contribution >= 4 is 11.9 Å². The highest BCUT2D eigenvalue weighted by Gasteiger charge is 2.40. The Kier molecular flexibility index (Phi) is 5.29. The average Bonchev–Trinajstić information content (AvgIpc) is 3.52. The molecule has 0 aromatic heterocycles. The van der Waals surface area contributed by atoms with E-state index in [0.717, 1.165) is 22.3 Å². The van der Waals surface area contributed by atoms with Crippen LogP contribution in [0.25, 0.3) is 0 Å². The minimum atomic E-state index is -0.542. The summed E-state index contributed by atoms with van der Waals surface area (Å²) in [6, 6.07) is 16.1. The van der Waals surface area contributed by atoms with Gasteiger partial charge in [0, 0.05) is 5.92 Å². The number of esters is 2. The quantitative estimate of drug-likeness (QED) is 0.392. The molecule has 0 N–H and O–H groups in total. The van der Waals surface area contributed by atoms with Crippen LogP contribution in [-0.2, 0) is 16.0 Å². The summed E-state index contributed by atoms with van der Waals surface area (Å²) in [4.78, 5) is 25.6. The Morgan fingerprint density at radius 1 is 0.917 bits per heavy atom. The van der Waals surface area contributed by atoms with Gasteiger partial charge in [0.25, 0.3) is 0 Å². The van der Waals surface area contributed by atoms with Gasteiger partial charge in [0.15, 0.2) is 23.0 Å². The minimum absolute atomic E-state index is 0.154. The Hall–Kier alpha value is -4.46. The Balaban J connectivity index is 1.47. The third kappa shape index (κ3) is 3.53. The van der Waals surface area contributed by atoms with Gasteiger partial charge >= 0.3 is 11.9 Å². The third-order valence-electron chi connectivity index (χ3n) is 6.64. The fourth-order valence-electron chi connectivity index (χ4n) is 4.97. The second kappa shape index (κ2) is 8.64. The summed E-state index contributed by atoms with van der Waals surface area (Å²) in [5.74, 6) is 0.722. The van der Waals surface area contributed by atoms with E-state index in [-0.39, 0.29) is 25.1 Å². The molecule has 0 radical (unpaired) electrons. The van der Waals surface area contributed by atoms with Crippen LogP contribution in [0.5, 0.6) is 28.7 Å². The van der Waals surface area contributed by atoms with Crippen molar-refractivity contribution in [2.75, 3.05) is 27.6 Å². The molecule has 0 amide bonds. The minimum Gasteiger partial charge on any atom is -0.493 e. The van der Waals surface area contributed by atoms with Crippen molar-refractivity contribution in [2.45, 2.75) is 12.3 Å². The number of ether oxygens (including phenoxy) is 6. The molecular formula is C28H22O8. The standard InChI is InChI=1S/C28H22O8/c1-31-22-10-17(11-23(32-2)26(22)36-27(29)15-6-4-3-5-7-15)24-19-12-21-20(34-14-35-21)9-16(19)8-18-13-33-28(30)25(18)24/h3-7,9-12,24H,8,13-14H2,1-2H3. The number of hydrogen-bond acceptors (Lipinski definition) is 8. The maximum absolute atomic E-state index is 12.8. The molecule has 0 fully saturated rings. The van der Waals surface area contributed by atoms with Crippen LogP contribution in [0.1, 0.15) is 33.0 Å². The average molecular weight is 486 g/mol. The van der Waals surface area contributed by atoms with Gasteiger partial charge in [0.05, 0.1) is 25.4 Å². The predicted molar refractivity (Wildman–Crippen MR) is 127 cm³/mol. The van der Waals surface area contributed by atoms with Crippen molar-refractivity contribution in [3.63, 3.8) is 0 Å². The first kappa shape index (κ1) is 22.0. The number of benzene rings is 3. The van der Waals surface area contributed by atoms with Crippen LogP contribution in [0, 0.1) is 0 Å². The fourth-order valence-corrected chi connectivity index (χ4v) is 4.97. The van der Waals surface area contributed by atoms with Crippen LogP contribution in [-0.4, -0.2) is 39.6 Å². The van der Waals surface area contributed by atoms with Crippen molar-refractivity contribution in [2.24, 2.45) is 0 Å². The van der Waals surface area contributed by atoms with Crippen LogP contribution >= 0.6 is 0 Å².